The molecular formula is C56H45N. The summed E-state index contributed by atoms with van der Waals surface area (Å²) in [6.45, 7) is 0.493. The summed E-state index contributed by atoms with van der Waals surface area (Å²) in [6, 6.07) is 64.7. The number of anilines is 3. The normalized spacial score (nSPS) is 16.7. The van der Waals surface area contributed by atoms with E-state index in [9.17, 15) is 0 Å². The Morgan fingerprint density at radius 1 is 0.404 bits per heavy atom. The van der Waals surface area contributed by atoms with Crippen LogP contribution in [0.25, 0.3) is 44.5 Å². The highest BCUT2D eigenvalue weighted by Gasteiger charge is 2.51. The molecule has 3 aliphatic rings. The second-order valence-corrected chi connectivity index (χ2v) is 16.6. The van der Waals surface area contributed by atoms with Gasteiger partial charge in [0.05, 0.1) is 5.41 Å². The summed E-state index contributed by atoms with van der Waals surface area (Å²) in [6.07, 6.45) is 0. The number of nitrogens with zero attached hydrogens (tertiary/aromatic N) is 1. The molecule has 1 heteroatoms. The molecule has 1 spiro atoms. The number of fused-ring (bicyclic) bond motifs is 13. The van der Waals surface area contributed by atoms with Crippen LogP contribution in [0.1, 0.15) is 81.6 Å². The Hall–Kier alpha value is -6.44. The summed E-state index contributed by atoms with van der Waals surface area (Å²) >= 11 is 0. The van der Waals surface area contributed by atoms with E-state index in [1.54, 1.807) is 12.1 Å². The number of benzene rings is 8. The van der Waals surface area contributed by atoms with Gasteiger partial charge in [0.15, 0.2) is 0 Å². The lowest BCUT2D eigenvalue weighted by Crippen LogP contribution is -2.26. The molecule has 0 saturated heterocycles. The van der Waals surface area contributed by atoms with Crippen LogP contribution >= 0.6 is 0 Å². The maximum Gasteiger partial charge on any atom is 0.0726 e. The van der Waals surface area contributed by atoms with E-state index in [0.717, 1.165) is 28.2 Å². The predicted octanol–water partition coefficient (Wildman–Crippen LogP) is 14.8. The minimum atomic E-state index is -2.72. The lowest BCUT2D eigenvalue weighted by Gasteiger charge is -2.32. The molecule has 8 aromatic carbocycles. The molecule has 57 heavy (non-hydrogen) atoms. The number of rotatable bonds is 4. The van der Waals surface area contributed by atoms with Crippen LogP contribution in [0.15, 0.2) is 182 Å². The zero-order chi connectivity index (χ0) is 43.7. The Bertz CT molecular complexity index is 3060. The fourth-order valence-corrected chi connectivity index (χ4v) is 10.3. The van der Waals surface area contributed by atoms with Gasteiger partial charge < -0.3 is 4.90 Å². The van der Waals surface area contributed by atoms with Gasteiger partial charge in [-0.05, 0) is 125 Å². The minimum absolute atomic E-state index is 0.133. The Labute approximate surface area is 345 Å². The van der Waals surface area contributed by atoms with Gasteiger partial charge in [0.2, 0.25) is 0 Å². The molecule has 1 nitrogen and oxygen atoms in total. The van der Waals surface area contributed by atoms with Crippen molar-refractivity contribution >= 4 is 17.1 Å². The Morgan fingerprint density at radius 3 is 1.39 bits per heavy atom. The fourth-order valence-electron chi connectivity index (χ4n) is 10.3. The van der Waals surface area contributed by atoms with Gasteiger partial charge in [0.25, 0.3) is 0 Å². The highest BCUT2D eigenvalue weighted by molar-refractivity contribution is 5.96. The minimum Gasteiger partial charge on any atom is -0.310 e. The maximum absolute atomic E-state index is 8.15. The topological polar surface area (TPSA) is 3.24 Å². The average Bonchev–Trinajstić information content (AvgIpc) is 3.84. The molecular weight excluding hydrogens is 687 g/mol. The maximum atomic E-state index is 8.15. The lowest BCUT2D eigenvalue weighted by atomic mass is 9.70. The molecule has 0 bridgehead atoms. The van der Waals surface area contributed by atoms with Crippen molar-refractivity contribution in [1.82, 2.24) is 0 Å². The van der Waals surface area contributed by atoms with Crippen molar-refractivity contribution in [1.29, 1.82) is 0 Å². The smallest absolute Gasteiger partial charge is 0.0726 e. The van der Waals surface area contributed by atoms with Crippen LogP contribution in [-0.4, -0.2) is 0 Å². The van der Waals surface area contributed by atoms with Gasteiger partial charge >= 0.3 is 0 Å². The van der Waals surface area contributed by atoms with Gasteiger partial charge in [0.1, 0.15) is 0 Å². The van der Waals surface area contributed by atoms with E-state index in [0.29, 0.717) is 0 Å². The summed E-state index contributed by atoms with van der Waals surface area (Å²) in [4.78, 5) is 2.36. The first-order valence-electron chi connectivity index (χ1n) is 22.8. The molecule has 0 radical (unpaired) electrons. The molecule has 0 fully saturated rings. The molecule has 0 unspecified atom stereocenters. The first-order valence-corrected chi connectivity index (χ1v) is 19.8. The van der Waals surface area contributed by atoms with Gasteiger partial charge in [0, 0.05) is 30.7 Å². The van der Waals surface area contributed by atoms with Crippen molar-refractivity contribution in [2.75, 3.05) is 4.90 Å². The summed E-state index contributed by atoms with van der Waals surface area (Å²) in [5.74, 6) is 0. The van der Waals surface area contributed by atoms with Gasteiger partial charge in [-0.1, -0.05) is 180 Å². The van der Waals surface area contributed by atoms with E-state index in [1.165, 1.54) is 73.7 Å². The van der Waals surface area contributed by atoms with E-state index in [-0.39, 0.29) is 11.0 Å². The van der Waals surface area contributed by atoms with Crippen LogP contribution in [0.5, 0.6) is 0 Å². The quantitative estimate of drug-likeness (QED) is 0.174. The van der Waals surface area contributed by atoms with Crippen molar-refractivity contribution in [2.24, 2.45) is 0 Å². The van der Waals surface area contributed by atoms with Crippen molar-refractivity contribution in [2.45, 2.75) is 50.7 Å². The Kier molecular flexibility index (Phi) is 5.92. The van der Waals surface area contributed by atoms with Crippen molar-refractivity contribution in [3.63, 3.8) is 0 Å². The standard InChI is InChI=1S/C56H45N/c1-54(2,3)38-26-22-36(23-27-38)37-24-28-39(29-25-37)57(40-31-33-49-47(34-40)45-17-6-10-18-48(45)55(49,4)5)41-30-32-46-44-16-9-13-21-52(44)56(53(46)35-41)50-19-11-7-14-42(50)43-15-8-12-20-51(43)56/h6-35H,1-5H3/i1D3,2D3. The van der Waals surface area contributed by atoms with E-state index in [4.69, 9.17) is 8.22 Å². The number of hydrogen-bond donors (Lipinski definition) is 0. The third-order valence-corrected chi connectivity index (χ3v) is 13.0. The monoisotopic (exact) mass is 737 g/mol. The van der Waals surface area contributed by atoms with Crippen LogP contribution in [-0.2, 0) is 16.2 Å². The first-order chi connectivity index (χ1) is 30.2. The molecule has 3 aliphatic carbocycles. The third kappa shape index (κ3) is 4.75. The zero-order valence-corrected chi connectivity index (χ0v) is 32.3. The van der Waals surface area contributed by atoms with Crippen molar-refractivity contribution in [3.8, 4) is 44.5 Å². The highest BCUT2D eigenvalue weighted by Crippen LogP contribution is 2.63. The van der Waals surface area contributed by atoms with Crippen molar-refractivity contribution < 1.29 is 8.22 Å². The van der Waals surface area contributed by atoms with E-state index >= 15 is 0 Å². The molecule has 0 aromatic heterocycles. The zero-order valence-electron chi connectivity index (χ0n) is 38.3. The predicted molar refractivity (Wildman–Crippen MR) is 239 cm³/mol. The largest absolute Gasteiger partial charge is 0.310 e. The summed E-state index contributed by atoms with van der Waals surface area (Å²) in [5.41, 5.74) is 17.8. The highest BCUT2D eigenvalue weighted by atomic mass is 15.1. The Morgan fingerprint density at radius 2 is 0.825 bits per heavy atom. The number of hydrogen-bond acceptors (Lipinski definition) is 1. The van der Waals surface area contributed by atoms with Crippen LogP contribution in [0.4, 0.5) is 17.1 Å². The molecule has 8 aromatic rings. The van der Waals surface area contributed by atoms with Crippen LogP contribution < -0.4 is 4.90 Å². The van der Waals surface area contributed by atoms with Gasteiger partial charge in [-0.25, -0.2) is 0 Å². The van der Waals surface area contributed by atoms with Crippen molar-refractivity contribution in [3.05, 3.63) is 221 Å². The second kappa shape index (κ2) is 12.0. The molecule has 274 valence electrons. The molecule has 0 heterocycles. The van der Waals surface area contributed by atoms with E-state index in [1.807, 2.05) is 12.1 Å². The molecule has 0 N–H and O–H groups in total. The Balaban J connectivity index is 1.08. The molecule has 0 saturated carbocycles. The second-order valence-electron chi connectivity index (χ2n) is 16.6. The molecule has 0 atom stereocenters. The van der Waals surface area contributed by atoms with E-state index < -0.39 is 24.5 Å². The van der Waals surface area contributed by atoms with Crippen LogP contribution in [0.2, 0.25) is 0 Å². The van der Waals surface area contributed by atoms with Gasteiger partial charge in [-0.3, -0.25) is 0 Å². The van der Waals surface area contributed by atoms with Gasteiger partial charge in [-0.2, -0.15) is 0 Å². The average molecular weight is 738 g/mol. The van der Waals surface area contributed by atoms with E-state index in [2.05, 4.69) is 176 Å². The summed E-state index contributed by atoms with van der Waals surface area (Å²) < 4.78 is 48.9. The van der Waals surface area contributed by atoms with Crippen LogP contribution in [0, 0.1) is 0 Å². The third-order valence-electron chi connectivity index (χ3n) is 13.0. The first kappa shape index (κ1) is 28.0. The summed E-state index contributed by atoms with van der Waals surface area (Å²) in [7, 11) is 0. The fraction of sp³-hybridized carbons (Fsp3) is 0.143. The van der Waals surface area contributed by atoms with Gasteiger partial charge in [-0.15, -0.1) is 0 Å². The van der Waals surface area contributed by atoms with Crippen LogP contribution in [0.3, 0.4) is 0 Å². The SMILES string of the molecule is [2H]C([2H])([2H])C(C)(c1ccc(-c2ccc(N(c3ccc4c(c3)-c3ccccc3C4(C)C)c3ccc4c(c3)C3(c5ccccc5-c5ccccc53)c3ccccc3-4)cc2)cc1)C([2H])([2H])[2H]. The molecule has 11 rings (SSSR count). The molecule has 0 amide bonds. The molecule has 0 aliphatic heterocycles. The lowest BCUT2D eigenvalue weighted by molar-refractivity contribution is 0.590. The summed E-state index contributed by atoms with van der Waals surface area (Å²) in [5, 5.41) is 0.